The molecule has 0 saturated carbocycles. The van der Waals surface area contributed by atoms with Crippen LogP contribution < -0.4 is 4.74 Å². The molecule has 3 rings (SSSR count). The molecule has 0 atom stereocenters. The molecule has 0 unspecified atom stereocenters. The average molecular weight is 307 g/mol. The van der Waals surface area contributed by atoms with Gasteiger partial charge in [-0.25, -0.2) is 4.99 Å². The van der Waals surface area contributed by atoms with E-state index in [0.29, 0.717) is 0 Å². The van der Waals surface area contributed by atoms with Gasteiger partial charge in [-0.05, 0) is 36.1 Å². The van der Waals surface area contributed by atoms with Crippen molar-refractivity contribution in [2.45, 2.75) is 6.92 Å². The summed E-state index contributed by atoms with van der Waals surface area (Å²) in [5.41, 5.74) is 4.08. The van der Waals surface area contributed by atoms with Gasteiger partial charge in [0.2, 0.25) is 0 Å². The normalized spacial score (nSPS) is 11.5. The van der Waals surface area contributed by atoms with Crippen LogP contribution in [0.3, 0.4) is 0 Å². The SMILES string of the molecule is COc1cc(C)ccc1N=C(c1ccccc1)c1cccs1. The molecule has 22 heavy (non-hydrogen) atoms. The van der Waals surface area contributed by atoms with Gasteiger partial charge in [0.1, 0.15) is 11.4 Å². The Morgan fingerprint density at radius 3 is 2.50 bits per heavy atom. The quantitative estimate of drug-likeness (QED) is 0.604. The van der Waals surface area contributed by atoms with Crippen LogP contribution in [0.4, 0.5) is 5.69 Å². The molecule has 0 amide bonds. The minimum atomic E-state index is 0.796. The van der Waals surface area contributed by atoms with Crippen molar-refractivity contribution in [3.05, 3.63) is 82.0 Å². The molecule has 0 saturated heterocycles. The van der Waals surface area contributed by atoms with Crippen LogP contribution in [0.2, 0.25) is 0 Å². The summed E-state index contributed by atoms with van der Waals surface area (Å²) in [5.74, 6) is 0.796. The van der Waals surface area contributed by atoms with E-state index in [0.717, 1.165) is 33.2 Å². The monoisotopic (exact) mass is 307 g/mol. The highest BCUT2D eigenvalue weighted by atomic mass is 32.1. The molecule has 3 heteroatoms. The first-order chi connectivity index (χ1) is 10.8. The Morgan fingerprint density at radius 2 is 1.82 bits per heavy atom. The second-order valence-corrected chi connectivity index (χ2v) is 5.93. The third kappa shape index (κ3) is 3.10. The molecule has 0 bridgehead atoms. The number of ether oxygens (including phenoxy) is 1. The number of methoxy groups -OCH3 is 1. The second kappa shape index (κ2) is 6.58. The number of hydrogen-bond donors (Lipinski definition) is 0. The molecule has 0 radical (unpaired) electrons. The van der Waals surface area contributed by atoms with Gasteiger partial charge in [0, 0.05) is 5.56 Å². The number of nitrogens with zero attached hydrogens (tertiary/aromatic N) is 1. The van der Waals surface area contributed by atoms with Gasteiger partial charge in [0.05, 0.1) is 17.7 Å². The van der Waals surface area contributed by atoms with E-state index in [4.69, 9.17) is 9.73 Å². The van der Waals surface area contributed by atoms with Crippen molar-refractivity contribution >= 4 is 22.7 Å². The summed E-state index contributed by atoms with van der Waals surface area (Å²) in [6.45, 7) is 2.05. The van der Waals surface area contributed by atoms with Gasteiger partial charge in [-0.2, -0.15) is 0 Å². The van der Waals surface area contributed by atoms with Gasteiger partial charge >= 0.3 is 0 Å². The van der Waals surface area contributed by atoms with Crippen molar-refractivity contribution in [3.8, 4) is 5.75 Å². The van der Waals surface area contributed by atoms with Crippen LogP contribution in [0, 0.1) is 6.92 Å². The van der Waals surface area contributed by atoms with Crippen molar-refractivity contribution in [3.63, 3.8) is 0 Å². The summed E-state index contributed by atoms with van der Waals surface area (Å²) in [6, 6.07) is 20.5. The van der Waals surface area contributed by atoms with Crippen molar-refractivity contribution in [1.82, 2.24) is 0 Å². The number of benzene rings is 2. The van der Waals surface area contributed by atoms with Crippen LogP contribution in [0.5, 0.6) is 5.75 Å². The molecular weight excluding hydrogens is 290 g/mol. The molecule has 1 heterocycles. The number of rotatable bonds is 4. The van der Waals surface area contributed by atoms with Crippen LogP contribution in [-0.4, -0.2) is 12.8 Å². The predicted octanol–water partition coefficient (Wildman–Crippen LogP) is 5.23. The molecule has 0 aliphatic rings. The minimum Gasteiger partial charge on any atom is -0.494 e. The van der Waals surface area contributed by atoms with Gasteiger partial charge in [-0.15, -0.1) is 11.3 Å². The molecule has 0 aliphatic carbocycles. The zero-order valence-corrected chi connectivity index (χ0v) is 13.4. The summed E-state index contributed by atoms with van der Waals surface area (Å²) in [5, 5.41) is 2.07. The third-order valence-corrected chi connectivity index (χ3v) is 4.25. The van der Waals surface area contributed by atoms with Crippen LogP contribution in [-0.2, 0) is 0 Å². The largest absolute Gasteiger partial charge is 0.494 e. The maximum atomic E-state index is 5.48. The Hall–Kier alpha value is -2.39. The van der Waals surface area contributed by atoms with Gasteiger partial charge in [0.15, 0.2) is 0 Å². The highest BCUT2D eigenvalue weighted by Crippen LogP contribution is 2.30. The van der Waals surface area contributed by atoms with E-state index in [1.807, 2.05) is 43.3 Å². The van der Waals surface area contributed by atoms with E-state index in [-0.39, 0.29) is 0 Å². The van der Waals surface area contributed by atoms with Crippen LogP contribution in [0.25, 0.3) is 0 Å². The summed E-state index contributed by atoms with van der Waals surface area (Å²) in [4.78, 5) is 6.03. The zero-order valence-electron chi connectivity index (χ0n) is 12.6. The van der Waals surface area contributed by atoms with Crippen LogP contribution >= 0.6 is 11.3 Å². The van der Waals surface area contributed by atoms with Crippen molar-refractivity contribution in [2.24, 2.45) is 4.99 Å². The lowest BCUT2D eigenvalue weighted by atomic mass is 10.1. The Morgan fingerprint density at radius 1 is 1.00 bits per heavy atom. The standard InChI is InChI=1S/C19H17NOS/c1-14-10-11-16(17(13-14)21-2)20-19(18-9-6-12-22-18)15-7-4-3-5-8-15/h3-13H,1-2H3. The summed E-state index contributed by atoms with van der Waals surface area (Å²) in [7, 11) is 1.68. The summed E-state index contributed by atoms with van der Waals surface area (Å²) >= 11 is 1.69. The fourth-order valence-corrected chi connectivity index (χ4v) is 3.00. The first-order valence-electron chi connectivity index (χ1n) is 7.10. The smallest absolute Gasteiger partial charge is 0.144 e. The molecule has 0 N–H and O–H groups in total. The number of thiophene rings is 1. The van der Waals surface area contributed by atoms with Gasteiger partial charge in [-0.1, -0.05) is 42.5 Å². The van der Waals surface area contributed by atoms with E-state index >= 15 is 0 Å². The van der Waals surface area contributed by atoms with E-state index in [1.165, 1.54) is 0 Å². The Labute approximate surface area is 134 Å². The third-order valence-electron chi connectivity index (χ3n) is 3.37. The lowest BCUT2D eigenvalue weighted by molar-refractivity contribution is 0.416. The van der Waals surface area contributed by atoms with Gasteiger partial charge in [-0.3, -0.25) is 0 Å². The molecule has 0 fully saturated rings. The highest BCUT2D eigenvalue weighted by molar-refractivity contribution is 7.12. The highest BCUT2D eigenvalue weighted by Gasteiger charge is 2.10. The van der Waals surface area contributed by atoms with E-state index in [2.05, 4.69) is 29.6 Å². The molecule has 3 aromatic rings. The zero-order chi connectivity index (χ0) is 15.4. The Bertz CT molecular complexity index is 776. The average Bonchev–Trinajstić information content (AvgIpc) is 3.08. The number of hydrogen-bond acceptors (Lipinski definition) is 3. The fourth-order valence-electron chi connectivity index (χ4n) is 2.27. The van der Waals surface area contributed by atoms with Crippen molar-refractivity contribution < 1.29 is 4.74 Å². The maximum Gasteiger partial charge on any atom is 0.144 e. The molecule has 0 spiro atoms. The molecule has 110 valence electrons. The second-order valence-electron chi connectivity index (χ2n) is 4.98. The fraction of sp³-hybridized carbons (Fsp3) is 0.105. The molecule has 2 aromatic carbocycles. The first-order valence-corrected chi connectivity index (χ1v) is 7.98. The molecule has 1 aromatic heterocycles. The molecular formula is C19H17NOS. The first kappa shape index (κ1) is 14.5. The lowest BCUT2D eigenvalue weighted by Crippen LogP contribution is -2.00. The molecule has 0 aliphatic heterocycles. The Balaban J connectivity index is 2.14. The summed E-state index contributed by atoms with van der Waals surface area (Å²) in [6.07, 6.45) is 0. The van der Waals surface area contributed by atoms with E-state index in [1.54, 1.807) is 18.4 Å². The van der Waals surface area contributed by atoms with E-state index < -0.39 is 0 Å². The molecule has 2 nitrogen and oxygen atoms in total. The van der Waals surface area contributed by atoms with E-state index in [9.17, 15) is 0 Å². The maximum absolute atomic E-state index is 5.48. The predicted molar refractivity (Wildman–Crippen MR) is 93.8 cm³/mol. The van der Waals surface area contributed by atoms with Gasteiger partial charge in [0.25, 0.3) is 0 Å². The van der Waals surface area contributed by atoms with Crippen molar-refractivity contribution in [1.29, 1.82) is 0 Å². The lowest BCUT2D eigenvalue weighted by Gasteiger charge is -2.09. The van der Waals surface area contributed by atoms with Crippen LogP contribution in [0.15, 0.2) is 71.0 Å². The topological polar surface area (TPSA) is 21.6 Å². The minimum absolute atomic E-state index is 0.796. The van der Waals surface area contributed by atoms with Gasteiger partial charge < -0.3 is 4.74 Å². The van der Waals surface area contributed by atoms with Crippen molar-refractivity contribution in [2.75, 3.05) is 7.11 Å². The summed E-state index contributed by atoms with van der Waals surface area (Å²) < 4.78 is 5.48. The Kier molecular flexibility index (Phi) is 4.35. The number of aliphatic imine (C=N–C) groups is 1. The van der Waals surface area contributed by atoms with Crippen LogP contribution in [0.1, 0.15) is 16.0 Å². The number of aryl methyl sites for hydroxylation is 1.